The summed E-state index contributed by atoms with van der Waals surface area (Å²) < 4.78 is 11.6. The summed E-state index contributed by atoms with van der Waals surface area (Å²) in [5.74, 6) is 0. The van der Waals surface area contributed by atoms with E-state index in [0.29, 0.717) is 70.7 Å². The van der Waals surface area contributed by atoms with Gasteiger partial charge in [-0.15, -0.1) is 0 Å². The SMILES string of the molecule is CCN1CC(=S)N(CC(C)(C)CCCOCCCOCCC(C)(C)CN2C(=O)N(CC)CC2=S)C1=O. The molecule has 0 radical (unpaired) electrons. The maximum absolute atomic E-state index is 12.4. The molecule has 2 heterocycles. The molecule has 2 saturated heterocycles. The molecular weight excluding hydrogens is 496 g/mol. The zero-order chi connectivity index (χ0) is 26.9. The number of hydrogen-bond donors (Lipinski definition) is 0. The van der Waals surface area contributed by atoms with Gasteiger partial charge in [-0.2, -0.15) is 0 Å². The van der Waals surface area contributed by atoms with Crippen molar-refractivity contribution in [1.29, 1.82) is 0 Å². The molecule has 0 aromatic heterocycles. The number of likely N-dealkylation sites (N-methyl/N-ethyl adjacent to an activating group) is 2. The minimum atomic E-state index is -0.0645. The number of amides is 4. The van der Waals surface area contributed by atoms with Crippen molar-refractivity contribution in [3.8, 4) is 0 Å². The van der Waals surface area contributed by atoms with Crippen LogP contribution in [0.5, 0.6) is 0 Å². The molecule has 0 N–H and O–H groups in total. The summed E-state index contributed by atoms with van der Waals surface area (Å²) in [6, 6.07) is 0.0551. The standard InChI is InChI=1S/C26H46N4O4S2/c1-7-27-17-21(35)29(23(27)31)19-25(3,4)11-9-13-33-14-10-15-34-16-12-26(5,6)20-30-22(36)18-28(8-2)24(30)32/h7-20H2,1-6H3. The summed E-state index contributed by atoms with van der Waals surface area (Å²) in [5.41, 5.74) is -0.0774. The van der Waals surface area contributed by atoms with Gasteiger partial charge in [0, 0.05) is 52.6 Å². The summed E-state index contributed by atoms with van der Waals surface area (Å²) in [5, 5.41) is 0. The lowest BCUT2D eigenvalue weighted by atomic mass is 9.87. The first-order chi connectivity index (χ1) is 16.9. The van der Waals surface area contributed by atoms with E-state index in [0.717, 1.165) is 30.7 Å². The summed E-state index contributed by atoms with van der Waals surface area (Å²) in [7, 11) is 0. The molecule has 2 rings (SSSR count). The number of rotatable bonds is 17. The van der Waals surface area contributed by atoms with Crippen molar-refractivity contribution in [1.82, 2.24) is 19.6 Å². The van der Waals surface area contributed by atoms with Crippen molar-refractivity contribution >= 4 is 46.5 Å². The fraction of sp³-hybridized carbons (Fsp3) is 0.846. The Morgan fingerprint density at radius 1 is 0.694 bits per heavy atom. The van der Waals surface area contributed by atoms with E-state index in [9.17, 15) is 9.59 Å². The highest BCUT2D eigenvalue weighted by molar-refractivity contribution is 7.80. The number of hydrogen-bond acceptors (Lipinski definition) is 6. The first-order valence-corrected chi connectivity index (χ1v) is 14.1. The third kappa shape index (κ3) is 9.19. The van der Waals surface area contributed by atoms with Gasteiger partial charge in [-0.1, -0.05) is 52.1 Å². The van der Waals surface area contributed by atoms with Crippen molar-refractivity contribution in [2.24, 2.45) is 10.8 Å². The molecule has 2 fully saturated rings. The average Bonchev–Trinajstić information content (AvgIpc) is 3.23. The Labute approximate surface area is 228 Å². The molecule has 0 spiro atoms. The van der Waals surface area contributed by atoms with Crippen molar-refractivity contribution in [2.45, 2.75) is 67.2 Å². The highest BCUT2D eigenvalue weighted by Gasteiger charge is 2.36. The average molecular weight is 543 g/mol. The fourth-order valence-corrected chi connectivity index (χ4v) is 5.07. The van der Waals surface area contributed by atoms with Crippen LogP contribution in [0.25, 0.3) is 0 Å². The molecule has 206 valence electrons. The third-order valence-corrected chi connectivity index (χ3v) is 7.53. The minimum Gasteiger partial charge on any atom is -0.381 e. The van der Waals surface area contributed by atoms with Crippen molar-refractivity contribution in [3.63, 3.8) is 0 Å². The largest absolute Gasteiger partial charge is 0.381 e. The molecule has 0 saturated carbocycles. The molecule has 4 amide bonds. The maximum atomic E-state index is 12.4. The van der Waals surface area contributed by atoms with Crippen LogP contribution in [-0.4, -0.2) is 107 Å². The maximum Gasteiger partial charge on any atom is 0.325 e. The van der Waals surface area contributed by atoms with E-state index in [2.05, 4.69) is 27.7 Å². The van der Waals surface area contributed by atoms with Crippen LogP contribution in [0.4, 0.5) is 9.59 Å². The van der Waals surface area contributed by atoms with Crippen LogP contribution in [0.3, 0.4) is 0 Å². The molecule has 0 aliphatic carbocycles. The Morgan fingerprint density at radius 2 is 1.11 bits per heavy atom. The molecule has 0 bridgehead atoms. The van der Waals surface area contributed by atoms with Crippen LogP contribution in [-0.2, 0) is 9.47 Å². The predicted molar refractivity (Wildman–Crippen MR) is 152 cm³/mol. The first kappa shape index (κ1) is 30.9. The number of nitrogens with zero attached hydrogens (tertiary/aromatic N) is 4. The van der Waals surface area contributed by atoms with Gasteiger partial charge in [0.05, 0.1) is 13.1 Å². The Morgan fingerprint density at radius 3 is 1.56 bits per heavy atom. The quantitative estimate of drug-likeness (QED) is 0.194. The van der Waals surface area contributed by atoms with Gasteiger partial charge in [0.2, 0.25) is 0 Å². The smallest absolute Gasteiger partial charge is 0.325 e. The van der Waals surface area contributed by atoms with E-state index in [1.807, 2.05) is 13.8 Å². The molecule has 36 heavy (non-hydrogen) atoms. The fourth-order valence-electron chi connectivity index (χ4n) is 4.48. The Balaban J connectivity index is 1.52. The van der Waals surface area contributed by atoms with Crippen molar-refractivity contribution < 1.29 is 19.1 Å². The van der Waals surface area contributed by atoms with Crippen LogP contribution in [0.15, 0.2) is 0 Å². The van der Waals surface area contributed by atoms with E-state index in [1.54, 1.807) is 19.6 Å². The highest BCUT2D eigenvalue weighted by atomic mass is 32.1. The third-order valence-electron chi connectivity index (χ3n) is 6.84. The Bertz CT molecular complexity index is 726. The summed E-state index contributed by atoms with van der Waals surface area (Å²) >= 11 is 10.8. The molecule has 2 aliphatic heterocycles. The normalized spacial score (nSPS) is 17.4. The van der Waals surface area contributed by atoms with Crippen LogP contribution in [0.2, 0.25) is 0 Å². The van der Waals surface area contributed by atoms with Crippen LogP contribution in [0, 0.1) is 10.8 Å². The van der Waals surface area contributed by atoms with Gasteiger partial charge >= 0.3 is 12.1 Å². The van der Waals surface area contributed by atoms with Gasteiger partial charge in [-0.3, -0.25) is 9.80 Å². The molecular formula is C26H46N4O4S2. The van der Waals surface area contributed by atoms with Gasteiger partial charge < -0.3 is 19.3 Å². The van der Waals surface area contributed by atoms with Crippen LogP contribution < -0.4 is 0 Å². The second-order valence-electron chi connectivity index (χ2n) is 11.3. The van der Waals surface area contributed by atoms with E-state index < -0.39 is 0 Å². The predicted octanol–water partition coefficient (Wildman–Crippen LogP) is 4.80. The van der Waals surface area contributed by atoms with E-state index in [1.165, 1.54) is 0 Å². The second kappa shape index (κ2) is 14.0. The summed E-state index contributed by atoms with van der Waals surface area (Å²) in [4.78, 5) is 33.4. The summed E-state index contributed by atoms with van der Waals surface area (Å²) in [6.45, 7) is 19.1. The lowest BCUT2D eigenvalue weighted by molar-refractivity contribution is 0.0640. The number of thiocarbonyl (C=S) groups is 2. The molecule has 0 aromatic rings. The van der Waals surface area contributed by atoms with Crippen LogP contribution in [0.1, 0.15) is 67.2 Å². The van der Waals surface area contributed by atoms with Gasteiger partial charge in [0.25, 0.3) is 0 Å². The number of urea groups is 2. The number of ether oxygens (including phenoxy) is 2. The monoisotopic (exact) mass is 542 g/mol. The minimum absolute atomic E-state index is 0.0129. The molecule has 8 nitrogen and oxygen atoms in total. The van der Waals surface area contributed by atoms with Gasteiger partial charge in [0.15, 0.2) is 0 Å². The van der Waals surface area contributed by atoms with Gasteiger partial charge in [-0.25, -0.2) is 9.59 Å². The second-order valence-corrected chi connectivity index (χ2v) is 12.3. The molecule has 0 atom stereocenters. The van der Waals surface area contributed by atoms with Gasteiger partial charge in [-0.05, 0) is 50.4 Å². The molecule has 0 aromatic carbocycles. The molecule has 0 unspecified atom stereocenters. The van der Waals surface area contributed by atoms with Crippen molar-refractivity contribution in [2.75, 3.05) is 65.7 Å². The zero-order valence-corrected chi connectivity index (χ0v) is 24.8. The van der Waals surface area contributed by atoms with E-state index in [-0.39, 0.29) is 22.9 Å². The lowest BCUT2D eigenvalue weighted by Gasteiger charge is -2.30. The Hall–Kier alpha value is -1.36. The van der Waals surface area contributed by atoms with Crippen LogP contribution >= 0.6 is 24.4 Å². The van der Waals surface area contributed by atoms with Gasteiger partial charge in [0.1, 0.15) is 9.98 Å². The van der Waals surface area contributed by atoms with E-state index in [4.69, 9.17) is 33.9 Å². The van der Waals surface area contributed by atoms with Crippen molar-refractivity contribution in [3.05, 3.63) is 0 Å². The molecule has 2 aliphatic rings. The summed E-state index contributed by atoms with van der Waals surface area (Å²) in [6.07, 6.45) is 3.63. The highest BCUT2D eigenvalue weighted by Crippen LogP contribution is 2.27. The lowest BCUT2D eigenvalue weighted by Crippen LogP contribution is -2.39. The number of carbonyl (C=O) groups is 2. The Kier molecular flexibility index (Phi) is 12.0. The van der Waals surface area contributed by atoms with E-state index >= 15 is 0 Å². The first-order valence-electron chi connectivity index (χ1n) is 13.2. The number of carbonyl (C=O) groups excluding carboxylic acids is 2. The molecule has 10 heteroatoms. The zero-order valence-electron chi connectivity index (χ0n) is 23.1. The topological polar surface area (TPSA) is 65.6 Å².